The first-order chi connectivity index (χ1) is 13.2. The molecule has 0 unspecified atom stereocenters. The zero-order valence-electron chi connectivity index (χ0n) is 15.5. The third-order valence-corrected chi connectivity index (χ3v) is 5.26. The lowest BCUT2D eigenvalue weighted by Crippen LogP contribution is -2.31. The van der Waals surface area contributed by atoms with Crippen LogP contribution in [0.15, 0.2) is 48.5 Å². The predicted octanol–water partition coefficient (Wildman–Crippen LogP) is 3.31. The van der Waals surface area contributed by atoms with Crippen LogP contribution in [0.4, 0.5) is 11.4 Å². The Balaban J connectivity index is 1.97. The topological polar surface area (TPSA) is 92.8 Å². The number of benzene rings is 2. The summed E-state index contributed by atoms with van der Waals surface area (Å²) in [5.74, 6) is -0.789. The highest BCUT2D eigenvalue weighted by molar-refractivity contribution is 7.92. The molecule has 150 valence electrons. The van der Waals surface area contributed by atoms with E-state index < -0.39 is 16.0 Å². The standard InChI is InChI=1S/C19H21ClN2O5S/c1-27-19(24)14-6-3-8-16(12-14)21-18(23)10-5-11-22(28(2,25)26)17-9-4-7-15(20)13-17/h3-4,6-9,12-13H,5,10-11H2,1-2H3,(H,21,23). The number of nitrogens with one attached hydrogen (secondary N) is 1. The number of nitrogens with zero attached hydrogens (tertiary/aromatic N) is 1. The van der Waals surface area contributed by atoms with Crippen molar-refractivity contribution in [3.63, 3.8) is 0 Å². The molecule has 0 aliphatic heterocycles. The Morgan fingerprint density at radius 2 is 1.86 bits per heavy atom. The summed E-state index contributed by atoms with van der Waals surface area (Å²) in [7, 11) is -2.24. The van der Waals surface area contributed by atoms with Crippen molar-refractivity contribution in [2.24, 2.45) is 0 Å². The van der Waals surface area contributed by atoms with E-state index in [-0.39, 0.29) is 18.9 Å². The summed E-state index contributed by atoms with van der Waals surface area (Å²) in [6, 6.07) is 12.9. The van der Waals surface area contributed by atoms with Gasteiger partial charge in [0.1, 0.15) is 0 Å². The Morgan fingerprint density at radius 3 is 2.50 bits per heavy atom. The highest BCUT2D eigenvalue weighted by Gasteiger charge is 2.18. The van der Waals surface area contributed by atoms with Crippen molar-refractivity contribution in [3.05, 3.63) is 59.1 Å². The summed E-state index contributed by atoms with van der Waals surface area (Å²) in [5, 5.41) is 3.11. The summed E-state index contributed by atoms with van der Waals surface area (Å²) in [6.07, 6.45) is 1.52. The molecule has 0 aromatic heterocycles. The van der Waals surface area contributed by atoms with Crippen molar-refractivity contribution in [1.82, 2.24) is 0 Å². The molecular formula is C19H21ClN2O5S. The highest BCUT2D eigenvalue weighted by Crippen LogP contribution is 2.22. The number of carbonyl (C=O) groups excluding carboxylic acids is 2. The van der Waals surface area contributed by atoms with Crippen LogP contribution in [-0.4, -0.2) is 40.2 Å². The molecular weight excluding hydrogens is 404 g/mol. The summed E-state index contributed by atoms with van der Waals surface area (Å²) >= 11 is 5.94. The third-order valence-electron chi connectivity index (χ3n) is 3.83. The smallest absolute Gasteiger partial charge is 0.337 e. The molecule has 0 heterocycles. The van der Waals surface area contributed by atoms with E-state index in [4.69, 9.17) is 11.6 Å². The number of hydrogen-bond acceptors (Lipinski definition) is 5. The summed E-state index contributed by atoms with van der Waals surface area (Å²) in [4.78, 5) is 23.7. The molecule has 0 atom stereocenters. The molecule has 0 saturated carbocycles. The van der Waals surface area contributed by atoms with E-state index in [1.54, 1.807) is 42.5 Å². The third kappa shape index (κ3) is 6.24. The highest BCUT2D eigenvalue weighted by atomic mass is 35.5. The minimum atomic E-state index is -3.52. The van der Waals surface area contributed by atoms with Crippen molar-refractivity contribution in [2.45, 2.75) is 12.8 Å². The Kier molecular flexibility index (Phi) is 7.42. The zero-order valence-corrected chi connectivity index (χ0v) is 17.1. The lowest BCUT2D eigenvalue weighted by atomic mass is 10.2. The molecule has 0 saturated heterocycles. The first-order valence-corrected chi connectivity index (χ1v) is 10.6. The van der Waals surface area contributed by atoms with Crippen LogP contribution in [0.5, 0.6) is 0 Å². The van der Waals surface area contributed by atoms with Gasteiger partial charge in [-0.25, -0.2) is 13.2 Å². The lowest BCUT2D eigenvalue weighted by molar-refractivity contribution is -0.116. The van der Waals surface area contributed by atoms with E-state index >= 15 is 0 Å². The minimum absolute atomic E-state index is 0.106. The Bertz CT molecular complexity index is 962. The van der Waals surface area contributed by atoms with E-state index in [2.05, 4.69) is 10.1 Å². The van der Waals surface area contributed by atoms with Crippen LogP contribution in [0, 0.1) is 0 Å². The fraction of sp³-hybridized carbons (Fsp3) is 0.263. The maximum atomic E-state index is 12.2. The van der Waals surface area contributed by atoms with Gasteiger partial charge in [0.05, 0.1) is 24.6 Å². The van der Waals surface area contributed by atoms with Gasteiger partial charge in [-0.2, -0.15) is 0 Å². The summed E-state index contributed by atoms with van der Waals surface area (Å²) in [5.41, 5.74) is 1.23. The van der Waals surface area contributed by atoms with Crippen LogP contribution in [0.2, 0.25) is 5.02 Å². The zero-order chi connectivity index (χ0) is 20.7. The number of rotatable bonds is 8. The van der Waals surface area contributed by atoms with Gasteiger partial charge in [0, 0.05) is 23.7 Å². The van der Waals surface area contributed by atoms with Crippen LogP contribution in [-0.2, 0) is 19.6 Å². The first kappa shape index (κ1) is 21.7. The van der Waals surface area contributed by atoms with Crippen LogP contribution in [0.1, 0.15) is 23.2 Å². The quantitative estimate of drug-likeness (QED) is 0.656. The minimum Gasteiger partial charge on any atom is -0.465 e. The predicted molar refractivity (Wildman–Crippen MR) is 109 cm³/mol. The van der Waals surface area contributed by atoms with Crippen molar-refractivity contribution in [1.29, 1.82) is 0 Å². The van der Waals surface area contributed by atoms with Crippen LogP contribution in [0.3, 0.4) is 0 Å². The largest absolute Gasteiger partial charge is 0.465 e. The molecule has 28 heavy (non-hydrogen) atoms. The van der Waals surface area contributed by atoms with Crippen LogP contribution in [0.25, 0.3) is 0 Å². The average Bonchev–Trinajstić information content (AvgIpc) is 2.63. The number of methoxy groups -OCH3 is 1. The number of ether oxygens (including phenoxy) is 1. The number of sulfonamides is 1. The number of anilines is 2. The van der Waals surface area contributed by atoms with Crippen molar-refractivity contribution < 1.29 is 22.7 Å². The second-order valence-electron chi connectivity index (χ2n) is 6.04. The fourth-order valence-electron chi connectivity index (χ4n) is 2.57. The normalized spacial score (nSPS) is 11.0. The molecule has 0 aliphatic rings. The molecule has 9 heteroatoms. The Hall–Kier alpha value is -2.58. The molecule has 0 spiro atoms. The van der Waals surface area contributed by atoms with Crippen molar-refractivity contribution in [2.75, 3.05) is 29.5 Å². The van der Waals surface area contributed by atoms with Crippen molar-refractivity contribution >= 4 is 44.9 Å². The van der Waals surface area contributed by atoms with Crippen molar-refractivity contribution in [3.8, 4) is 0 Å². The first-order valence-electron chi connectivity index (χ1n) is 8.42. The van der Waals surface area contributed by atoms with E-state index in [0.717, 1.165) is 6.26 Å². The molecule has 0 radical (unpaired) electrons. The molecule has 1 amide bonds. The van der Waals surface area contributed by atoms with E-state index in [9.17, 15) is 18.0 Å². The van der Waals surface area contributed by atoms with E-state index in [1.807, 2.05) is 0 Å². The summed E-state index contributed by atoms with van der Waals surface area (Å²) in [6.45, 7) is 0.134. The Morgan fingerprint density at radius 1 is 1.14 bits per heavy atom. The van der Waals surface area contributed by atoms with Gasteiger partial charge in [0.25, 0.3) is 0 Å². The maximum absolute atomic E-state index is 12.2. The number of carbonyl (C=O) groups is 2. The van der Waals surface area contributed by atoms with Crippen LogP contribution >= 0.6 is 11.6 Å². The molecule has 1 N–H and O–H groups in total. The maximum Gasteiger partial charge on any atom is 0.337 e. The molecule has 7 nitrogen and oxygen atoms in total. The van der Waals surface area contributed by atoms with Gasteiger partial charge in [0.2, 0.25) is 15.9 Å². The number of amides is 1. The van der Waals surface area contributed by atoms with E-state index in [0.29, 0.717) is 28.4 Å². The summed E-state index contributed by atoms with van der Waals surface area (Å²) < 4.78 is 30.0. The number of esters is 1. The van der Waals surface area contributed by atoms with Gasteiger partial charge in [-0.1, -0.05) is 23.7 Å². The molecule has 0 fully saturated rings. The van der Waals surface area contributed by atoms with Gasteiger partial charge in [-0.3, -0.25) is 9.10 Å². The molecule has 2 aromatic rings. The van der Waals surface area contributed by atoms with Gasteiger partial charge in [-0.15, -0.1) is 0 Å². The monoisotopic (exact) mass is 424 g/mol. The number of halogens is 1. The SMILES string of the molecule is COC(=O)c1cccc(NC(=O)CCCN(c2cccc(Cl)c2)S(C)(=O)=O)c1. The van der Waals surface area contributed by atoms with E-state index in [1.165, 1.54) is 17.5 Å². The molecule has 2 aromatic carbocycles. The van der Waals surface area contributed by atoms with Gasteiger partial charge >= 0.3 is 5.97 Å². The second kappa shape index (κ2) is 9.57. The molecule has 2 rings (SSSR count). The second-order valence-corrected chi connectivity index (χ2v) is 8.38. The Labute approximate surface area is 169 Å². The number of hydrogen-bond donors (Lipinski definition) is 1. The average molecular weight is 425 g/mol. The molecule has 0 aliphatic carbocycles. The molecule has 0 bridgehead atoms. The lowest BCUT2D eigenvalue weighted by Gasteiger charge is -2.22. The van der Waals surface area contributed by atoms with Gasteiger partial charge < -0.3 is 10.1 Å². The van der Waals surface area contributed by atoms with Gasteiger partial charge in [0.15, 0.2) is 0 Å². The fourth-order valence-corrected chi connectivity index (χ4v) is 3.71. The van der Waals surface area contributed by atoms with Crippen LogP contribution < -0.4 is 9.62 Å². The van der Waals surface area contributed by atoms with Gasteiger partial charge in [-0.05, 0) is 42.8 Å².